The summed E-state index contributed by atoms with van der Waals surface area (Å²) < 4.78 is 0. The molecular formula is C11H18N2O. The molecule has 0 bridgehead atoms. The fourth-order valence-electron chi connectivity index (χ4n) is 2.21. The fourth-order valence-corrected chi connectivity index (χ4v) is 2.21. The predicted octanol–water partition coefficient (Wildman–Crippen LogP) is 1.22. The Morgan fingerprint density at radius 3 is 3.00 bits per heavy atom. The largest absolute Gasteiger partial charge is 0.385 e. The van der Waals surface area contributed by atoms with Crippen LogP contribution in [0.3, 0.4) is 0 Å². The molecule has 0 amide bonds. The highest BCUT2D eigenvalue weighted by Gasteiger charge is 2.34. The van der Waals surface area contributed by atoms with Gasteiger partial charge in [0.15, 0.2) is 0 Å². The van der Waals surface area contributed by atoms with Gasteiger partial charge in [0.25, 0.3) is 0 Å². The Kier molecular flexibility index (Phi) is 2.61. The molecule has 0 aliphatic carbocycles. The quantitative estimate of drug-likeness (QED) is 0.663. The molecule has 1 fully saturated rings. The van der Waals surface area contributed by atoms with Gasteiger partial charge in [0.1, 0.15) is 0 Å². The lowest BCUT2D eigenvalue weighted by molar-refractivity contribution is -0.0155. The summed E-state index contributed by atoms with van der Waals surface area (Å²) in [6.45, 7) is 3.91. The Labute approximate surface area is 84.5 Å². The van der Waals surface area contributed by atoms with Gasteiger partial charge in [-0.15, -0.1) is 0 Å². The Balaban J connectivity index is 2.14. The highest BCUT2D eigenvalue weighted by Crippen LogP contribution is 2.32. The van der Waals surface area contributed by atoms with Crippen LogP contribution in [0.4, 0.5) is 0 Å². The van der Waals surface area contributed by atoms with Gasteiger partial charge in [-0.3, -0.25) is 0 Å². The average molecular weight is 194 g/mol. The Morgan fingerprint density at radius 2 is 2.43 bits per heavy atom. The predicted molar refractivity (Wildman–Crippen MR) is 56.0 cm³/mol. The van der Waals surface area contributed by atoms with Crippen molar-refractivity contribution < 1.29 is 5.11 Å². The summed E-state index contributed by atoms with van der Waals surface area (Å²) in [5.74, 6) is 0.326. The molecule has 3 heteroatoms. The first-order valence-electron chi connectivity index (χ1n) is 5.27. The summed E-state index contributed by atoms with van der Waals surface area (Å²) in [4.78, 5) is 2.99. The van der Waals surface area contributed by atoms with Gasteiger partial charge < -0.3 is 15.4 Å². The fraction of sp³-hybridized carbons (Fsp3) is 0.636. The molecule has 2 heterocycles. The van der Waals surface area contributed by atoms with Crippen molar-refractivity contribution in [3.05, 3.63) is 24.0 Å². The van der Waals surface area contributed by atoms with Crippen LogP contribution in [0, 0.1) is 5.92 Å². The monoisotopic (exact) mass is 194 g/mol. The first-order chi connectivity index (χ1) is 6.71. The van der Waals surface area contributed by atoms with Crippen LogP contribution in [0.25, 0.3) is 0 Å². The smallest absolute Gasteiger partial charge is 0.0923 e. The minimum Gasteiger partial charge on any atom is -0.385 e. The number of H-pyrrole nitrogens is 1. The number of piperidine rings is 1. The van der Waals surface area contributed by atoms with Crippen LogP contribution in [0.15, 0.2) is 18.5 Å². The number of aromatic nitrogens is 1. The molecule has 1 saturated heterocycles. The summed E-state index contributed by atoms with van der Waals surface area (Å²) >= 11 is 0. The van der Waals surface area contributed by atoms with Crippen molar-refractivity contribution in [3.63, 3.8) is 0 Å². The lowest BCUT2D eigenvalue weighted by Gasteiger charge is -2.35. The standard InChI is InChI=1S/C11H18N2O/c1-11(14,10-4-6-13-8-10)9-3-2-5-12-7-9/h4,6,8-9,12-14H,2-3,5,7H2,1H3. The van der Waals surface area contributed by atoms with Crippen LogP contribution in [0.5, 0.6) is 0 Å². The Hall–Kier alpha value is -0.800. The van der Waals surface area contributed by atoms with Crippen LogP contribution in [-0.4, -0.2) is 23.2 Å². The molecule has 3 N–H and O–H groups in total. The molecule has 0 radical (unpaired) electrons. The third-order valence-corrected chi connectivity index (χ3v) is 3.27. The van der Waals surface area contributed by atoms with Crippen molar-refractivity contribution in [2.75, 3.05) is 13.1 Å². The number of nitrogens with one attached hydrogen (secondary N) is 2. The zero-order valence-corrected chi connectivity index (χ0v) is 8.59. The number of hydrogen-bond donors (Lipinski definition) is 3. The van der Waals surface area contributed by atoms with E-state index in [2.05, 4.69) is 10.3 Å². The van der Waals surface area contributed by atoms with E-state index in [0.29, 0.717) is 5.92 Å². The maximum Gasteiger partial charge on any atom is 0.0923 e. The lowest BCUT2D eigenvalue weighted by atomic mass is 9.80. The van der Waals surface area contributed by atoms with Gasteiger partial charge in [-0.2, -0.15) is 0 Å². The highest BCUT2D eigenvalue weighted by atomic mass is 16.3. The zero-order chi connectivity index (χ0) is 10.0. The molecule has 78 valence electrons. The number of aromatic amines is 1. The number of aliphatic hydroxyl groups is 1. The van der Waals surface area contributed by atoms with Gasteiger partial charge in [-0.1, -0.05) is 0 Å². The van der Waals surface area contributed by atoms with E-state index in [1.807, 2.05) is 25.4 Å². The van der Waals surface area contributed by atoms with Crippen LogP contribution in [0.1, 0.15) is 25.3 Å². The second-order valence-electron chi connectivity index (χ2n) is 4.29. The number of rotatable bonds is 2. The van der Waals surface area contributed by atoms with Crippen LogP contribution in [0.2, 0.25) is 0 Å². The highest BCUT2D eigenvalue weighted by molar-refractivity contribution is 5.18. The summed E-state index contributed by atoms with van der Waals surface area (Å²) in [6.07, 6.45) is 6.01. The molecule has 0 spiro atoms. The van der Waals surface area contributed by atoms with E-state index in [9.17, 15) is 5.11 Å². The first-order valence-corrected chi connectivity index (χ1v) is 5.27. The van der Waals surface area contributed by atoms with Crippen molar-refractivity contribution in [2.24, 2.45) is 5.92 Å². The van der Waals surface area contributed by atoms with Crippen LogP contribution < -0.4 is 5.32 Å². The van der Waals surface area contributed by atoms with Gasteiger partial charge in [-0.25, -0.2) is 0 Å². The van der Waals surface area contributed by atoms with Gasteiger partial charge in [-0.05, 0) is 32.4 Å². The summed E-state index contributed by atoms with van der Waals surface area (Å²) in [7, 11) is 0. The minimum atomic E-state index is -0.701. The number of hydrogen-bond acceptors (Lipinski definition) is 2. The molecule has 2 unspecified atom stereocenters. The summed E-state index contributed by atoms with van der Waals surface area (Å²) in [5.41, 5.74) is 0.291. The zero-order valence-electron chi connectivity index (χ0n) is 8.59. The van der Waals surface area contributed by atoms with E-state index >= 15 is 0 Å². The van der Waals surface area contributed by atoms with Crippen molar-refractivity contribution >= 4 is 0 Å². The van der Waals surface area contributed by atoms with E-state index in [-0.39, 0.29) is 0 Å². The molecule has 1 aromatic heterocycles. The normalized spacial score (nSPS) is 27.1. The topological polar surface area (TPSA) is 48.0 Å². The lowest BCUT2D eigenvalue weighted by Crippen LogP contribution is -2.42. The Bertz CT molecular complexity index is 273. The maximum absolute atomic E-state index is 10.4. The average Bonchev–Trinajstić information content (AvgIpc) is 2.72. The SMILES string of the molecule is CC(O)(c1cc[nH]c1)C1CCCNC1. The van der Waals surface area contributed by atoms with E-state index < -0.39 is 5.60 Å². The molecule has 1 aromatic rings. The molecule has 2 atom stereocenters. The maximum atomic E-state index is 10.4. The Morgan fingerprint density at radius 1 is 1.57 bits per heavy atom. The van der Waals surface area contributed by atoms with Gasteiger partial charge in [0.05, 0.1) is 5.60 Å². The van der Waals surface area contributed by atoms with E-state index in [1.54, 1.807) is 0 Å². The van der Waals surface area contributed by atoms with E-state index in [0.717, 1.165) is 31.5 Å². The second kappa shape index (κ2) is 3.75. The van der Waals surface area contributed by atoms with Crippen molar-refractivity contribution in [3.8, 4) is 0 Å². The molecule has 1 aliphatic rings. The molecular weight excluding hydrogens is 176 g/mol. The minimum absolute atomic E-state index is 0.326. The van der Waals surface area contributed by atoms with Crippen molar-refractivity contribution in [1.82, 2.24) is 10.3 Å². The van der Waals surface area contributed by atoms with Gasteiger partial charge in [0.2, 0.25) is 0 Å². The van der Waals surface area contributed by atoms with Crippen molar-refractivity contribution in [2.45, 2.75) is 25.4 Å². The molecule has 3 nitrogen and oxygen atoms in total. The summed E-state index contributed by atoms with van der Waals surface area (Å²) in [6, 6.07) is 1.95. The molecule has 2 rings (SSSR count). The van der Waals surface area contributed by atoms with E-state index in [1.165, 1.54) is 0 Å². The van der Waals surface area contributed by atoms with Gasteiger partial charge >= 0.3 is 0 Å². The van der Waals surface area contributed by atoms with Gasteiger partial charge in [0, 0.05) is 30.4 Å². The summed E-state index contributed by atoms with van der Waals surface area (Å²) in [5, 5.41) is 13.8. The molecule has 1 aliphatic heterocycles. The third kappa shape index (κ3) is 1.70. The second-order valence-corrected chi connectivity index (χ2v) is 4.29. The molecule has 14 heavy (non-hydrogen) atoms. The van der Waals surface area contributed by atoms with E-state index in [4.69, 9.17) is 0 Å². The first kappa shape index (κ1) is 9.74. The van der Waals surface area contributed by atoms with Crippen molar-refractivity contribution in [1.29, 1.82) is 0 Å². The molecule has 0 saturated carbocycles. The molecule has 0 aromatic carbocycles. The van der Waals surface area contributed by atoms with Crippen LogP contribution in [-0.2, 0) is 5.60 Å². The van der Waals surface area contributed by atoms with Crippen LogP contribution >= 0.6 is 0 Å². The third-order valence-electron chi connectivity index (χ3n) is 3.27.